The van der Waals surface area contributed by atoms with Gasteiger partial charge in [-0.2, -0.15) is 0 Å². The van der Waals surface area contributed by atoms with Gasteiger partial charge in [0.25, 0.3) is 0 Å². The molecule has 2 unspecified atom stereocenters. The van der Waals surface area contributed by atoms with Crippen LogP contribution < -0.4 is 10.2 Å². The molecule has 2 heterocycles. The summed E-state index contributed by atoms with van der Waals surface area (Å²) in [4.78, 5) is 31.7. The summed E-state index contributed by atoms with van der Waals surface area (Å²) in [6.45, 7) is 0.466. The normalized spacial score (nSPS) is 16.6. The molecule has 2 amide bonds. The Kier molecular flexibility index (Phi) is 6.26. The summed E-state index contributed by atoms with van der Waals surface area (Å²) in [5, 5.41) is 21.8. The fourth-order valence-corrected chi connectivity index (χ4v) is 3.94. The summed E-state index contributed by atoms with van der Waals surface area (Å²) in [7, 11) is 0. The van der Waals surface area contributed by atoms with Gasteiger partial charge in [-0.25, -0.2) is 0 Å². The minimum absolute atomic E-state index is 0.0282. The number of carbonyl (C=O) groups is 2. The highest BCUT2D eigenvalue weighted by molar-refractivity contribution is 6.10. The van der Waals surface area contributed by atoms with E-state index < -0.39 is 17.9 Å². The van der Waals surface area contributed by atoms with Crippen molar-refractivity contribution in [2.45, 2.75) is 18.9 Å². The lowest BCUT2D eigenvalue weighted by Gasteiger charge is -2.22. The zero-order valence-corrected chi connectivity index (χ0v) is 17.4. The topological polar surface area (TPSA) is 106 Å². The number of phenols is 1. The van der Waals surface area contributed by atoms with Crippen LogP contribution in [0.25, 0.3) is 0 Å². The first-order chi connectivity index (χ1) is 15.5. The molecule has 32 heavy (non-hydrogen) atoms. The molecule has 1 aliphatic rings. The zero-order chi connectivity index (χ0) is 22.5. The van der Waals surface area contributed by atoms with Gasteiger partial charge in [-0.15, -0.1) is 0 Å². The van der Waals surface area contributed by atoms with Gasteiger partial charge < -0.3 is 20.7 Å². The van der Waals surface area contributed by atoms with E-state index in [4.69, 9.17) is 5.41 Å². The molecule has 7 heteroatoms. The van der Waals surface area contributed by atoms with Crippen LogP contribution in [0.4, 0.5) is 5.69 Å². The van der Waals surface area contributed by atoms with E-state index in [-0.39, 0.29) is 23.8 Å². The van der Waals surface area contributed by atoms with E-state index in [9.17, 15) is 14.7 Å². The number of aromatic hydroxyl groups is 1. The molecule has 1 aromatic heterocycles. The Morgan fingerprint density at radius 1 is 1.12 bits per heavy atom. The number of anilines is 1. The predicted molar refractivity (Wildman–Crippen MR) is 122 cm³/mol. The number of pyridine rings is 1. The molecule has 1 saturated heterocycles. The third-order valence-corrected chi connectivity index (χ3v) is 5.64. The van der Waals surface area contributed by atoms with Crippen LogP contribution in [0, 0.1) is 11.3 Å². The van der Waals surface area contributed by atoms with Gasteiger partial charge in [-0.1, -0.05) is 42.5 Å². The molecule has 0 spiro atoms. The van der Waals surface area contributed by atoms with E-state index in [0.717, 1.165) is 5.69 Å². The van der Waals surface area contributed by atoms with Crippen molar-refractivity contribution in [2.24, 2.45) is 5.92 Å². The van der Waals surface area contributed by atoms with Crippen molar-refractivity contribution in [1.29, 1.82) is 5.41 Å². The molecule has 3 aromatic rings. The molecule has 7 nitrogen and oxygen atoms in total. The van der Waals surface area contributed by atoms with Crippen LogP contribution in [-0.4, -0.2) is 34.2 Å². The molecule has 4 rings (SSSR count). The second kappa shape index (κ2) is 9.43. The molecule has 1 fully saturated rings. The lowest BCUT2D eigenvalue weighted by Crippen LogP contribution is -2.39. The number of amides is 2. The molecule has 0 bridgehead atoms. The standard InChI is InChI=1S/C25H24N4O3/c26-21(17-7-6-13-27-16-17)15-22(19-10-4-5-11-23(19)30)28-24(31)20-12-14-29(25(20)32)18-8-2-1-3-9-18/h1-11,13,16,20,22,26,30H,12,14-15H2,(H,28,31). The molecule has 3 N–H and O–H groups in total. The molecular formula is C25H24N4O3. The van der Waals surface area contributed by atoms with E-state index in [1.807, 2.05) is 30.3 Å². The number of phenolic OH excluding ortho intramolecular Hbond substituents is 1. The second-order valence-electron chi connectivity index (χ2n) is 7.71. The molecule has 2 aromatic carbocycles. The summed E-state index contributed by atoms with van der Waals surface area (Å²) >= 11 is 0. The van der Waals surface area contributed by atoms with Crippen molar-refractivity contribution in [2.75, 3.05) is 11.4 Å². The van der Waals surface area contributed by atoms with Gasteiger partial charge in [0.15, 0.2) is 0 Å². The first kappa shape index (κ1) is 21.2. The minimum atomic E-state index is -0.809. The van der Waals surface area contributed by atoms with E-state index in [1.54, 1.807) is 53.7 Å². The first-order valence-corrected chi connectivity index (χ1v) is 10.5. The highest BCUT2D eigenvalue weighted by atomic mass is 16.3. The first-order valence-electron chi connectivity index (χ1n) is 10.5. The number of nitrogens with one attached hydrogen (secondary N) is 2. The highest BCUT2D eigenvalue weighted by Crippen LogP contribution is 2.30. The molecule has 1 aliphatic heterocycles. The van der Waals surface area contributed by atoms with E-state index in [1.165, 1.54) is 0 Å². The largest absolute Gasteiger partial charge is 0.508 e. The summed E-state index contributed by atoms with van der Waals surface area (Å²) in [6, 6.07) is 18.9. The fraction of sp³-hybridized carbons (Fsp3) is 0.200. The molecule has 2 atom stereocenters. The zero-order valence-electron chi connectivity index (χ0n) is 17.4. The van der Waals surface area contributed by atoms with Crippen molar-refractivity contribution >= 4 is 23.2 Å². The number of rotatable bonds is 7. The van der Waals surface area contributed by atoms with Gasteiger partial charge in [0.1, 0.15) is 11.7 Å². The van der Waals surface area contributed by atoms with Crippen molar-refractivity contribution < 1.29 is 14.7 Å². The maximum atomic E-state index is 13.1. The van der Waals surface area contributed by atoms with Gasteiger partial charge in [-0.05, 0) is 30.7 Å². The number of aromatic nitrogens is 1. The molecule has 0 radical (unpaired) electrons. The smallest absolute Gasteiger partial charge is 0.239 e. The molecule has 162 valence electrons. The number of carbonyl (C=O) groups excluding carboxylic acids is 2. The minimum Gasteiger partial charge on any atom is -0.508 e. The van der Waals surface area contributed by atoms with Gasteiger partial charge >= 0.3 is 0 Å². The van der Waals surface area contributed by atoms with Crippen LogP contribution in [0.15, 0.2) is 79.1 Å². The number of hydrogen-bond acceptors (Lipinski definition) is 5. The van der Waals surface area contributed by atoms with Gasteiger partial charge in [-0.3, -0.25) is 14.6 Å². The molecule has 0 saturated carbocycles. The lowest BCUT2D eigenvalue weighted by atomic mass is 9.96. The van der Waals surface area contributed by atoms with Gasteiger partial charge in [0.05, 0.1) is 6.04 Å². The Labute approximate surface area is 186 Å². The SMILES string of the molecule is N=C(CC(NC(=O)C1CCN(c2ccccc2)C1=O)c1ccccc1O)c1cccnc1. The average molecular weight is 428 g/mol. The number of nitrogens with zero attached hydrogens (tertiary/aromatic N) is 2. The average Bonchev–Trinajstić information content (AvgIpc) is 3.21. The summed E-state index contributed by atoms with van der Waals surface area (Å²) in [5.74, 6) is -1.43. The van der Waals surface area contributed by atoms with Crippen LogP contribution in [0.1, 0.15) is 30.0 Å². The van der Waals surface area contributed by atoms with Crippen molar-refractivity contribution in [3.63, 3.8) is 0 Å². The van der Waals surface area contributed by atoms with Crippen LogP contribution in [0.2, 0.25) is 0 Å². The third-order valence-electron chi connectivity index (χ3n) is 5.64. The maximum Gasteiger partial charge on any atom is 0.239 e. The summed E-state index contributed by atoms with van der Waals surface area (Å²) < 4.78 is 0. The van der Waals surface area contributed by atoms with Crippen molar-refractivity contribution in [1.82, 2.24) is 10.3 Å². The Bertz CT molecular complexity index is 1120. The van der Waals surface area contributed by atoms with Gasteiger partial charge in [0.2, 0.25) is 11.8 Å². The third kappa shape index (κ3) is 4.51. The Morgan fingerprint density at radius 3 is 2.59 bits per heavy atom. The van der Waals surface area contributed by atoms with E-state index in [0.29, 0.717) is 24.1 Å². The Hall–Kier alpha value is -4.00. The van der Waals surface area contributed by atoms with Crippen molar-refractivity contribution in [3.05, 3.63) is 90.3 Å². The van der Waals surface area contributed by atoms with Crippen LogP contribution >= 0.6 is 0 Å². The Balaban J connectivity index is 1.53. The quantitative estimate of drug-likeness (QED) is 0.396. The maximum absolute atomic E-state index is 13.1. The highest BCUT2D eigenvalue weighted by Gasteiger charge is 2.38. The fourth-order valence-electron chi connectivity index (χ4n) is 3.94. The number of benzene rings is 2. The van der Waals surface area contributed by atoms with Gasteiger partial charge in [0, 0.05) is 47.9 Å². The predicted octanol–water partition coefficient (Wildman–Crippen LogP) is 3.46. The van der Waals surface area contributed by atoms with E-state index in [2.05, 4.69) is 10.3 Å². The Morgan fingerprint density at radius 2 is 1.88 bits per heavy atom. The van der Waals surface area contributed by atoms with Crippen LogP contribution in [0.3, 0.4) is 0 Å². The summed E-state index contributed by atoms with van der Waals surface area (Å²) in [6.07, 6.45) is 3.78. The van der Waals surface area contributed by atoms with Crippen molar-refractivity contribution in [3.8, 4) is 5.75 Å². The molecular weight excluding hydrogens is 404 g/mol. The number of para-hydroxylation sites is 2. The van der Waals surface area contributed by atoms with E-state index >= 15 is 0 Å². The lowest BCUT2D eigenvalue weighted by molar-refractivity contribution is -0.132. The monoisotopic (exact) mass is 428 g/mol. The summed E-state index contributed by atoms with van der Waals surface area (Å²) in [5.41, 5.74) is 2.17. The second-order valence-corrected chi connectivity index (χ2v) is 7.71. The van der Waals surface area contributed by atoms with Crippen LogP contribution in [-0.2, 0) is 9.59 Å². The van der Waals surface area contributed by atoms with Crippen LogP contribution in [0.5, 0.6) is 5.75 Å². The number of hydrogen-bond donors (Lipinski definition) is 3. The molecule has 0 aliphatic carbocycles.